The highest BCUT2D eigenvalue weighted by Crippen LogP contribution is 2.37. The molecule has 3 rings (SSSR count). The number of ether oxygens (including phenoxy) is 2. The first-order valence-corrected chi connectivity index (χ1v) is 8.46. The molecule has 0 bridgehead atoms. The van der Waals surface area contributed by atoms with Gasteiger partial charge in [0.15, 0.2) is 5.79 Å². The number of likely N-dealkylation sites (tertiary alicyclic amines) is 1. The first-order chi connectivity index (χ1) is 11.6. The van der Waals surface area contributed by atoms with Gasteiger partial charge in [0.25, 0.3) is 5.91 Å². The number of carbonyl (C=O) groups excluding carboxylic acids is 2. The summed E-state index contributed by atoms with van der Waals surface area (Å²) in [6, 6.07) is 2.65. The Hall–Kier alpha value is -1.99. The van der Waals surface area contributed by atoms with Gasteiger partial charge in [-0.05, 0) is 46.8 Å². The van der Waals surface area contributed by atoms with E-state index in [0.29, 0.717) is 12.1 Å². The van der Waals surface area contributed by atoms with E-state index in [2.05, 4.69) is 10.3 Å². The third-order valence-corrected chi connectivity index (χ3v) is 4.18. The van der Waals surface area contributed by atoms with Crippen LogP contribution >= 0.6 is 0 Å². The van der Waals surface area contributed by atoms with Crippen molar-refractivity contribution in [3.05, 3.63) is 30.1 Å². The number of hydrogen-bond acceptors (Lipinski definition) is 5. The molecule has 3 atom stereocenters. The van der Waals surface area contributed by atoms with Crippen molar-refractivity contribution in [1.82, 2.24) is 15.2 Å². The van der Waals surface area contributed by atoms with Crippen molar-refractivity contribution < 1.29 is 19.1 Å². The highest BCUT2D eigenvalue weighted by atomic mass is 16.8. The minimum atomic E-state index is -0.765. The van der Waals surface area contributed by atoms with Crippen LogP contribution in [-0.2, 0) is 14.3 Å². The third kappa shape index (κ3) is 3.67. The van der Waals surface area contributed by atoms with Crippen LogP contribution in [0.25, 0.3) is 0 Å². The smallest absolute Gasteiger partial charge is 0.256 e. The molecular formula is C18H25N3O4. The van der Waals surface area contributed by atoms with Gasteiger partial charge in [0, 0.05) is 17.9 Å². The molecule has 25 heavy (non-hydrogen) atoms. The molecule has 3 heterocycles. The highest BCUT2D eigenvalue weighted by Gasteiger charge is 2.56. The van der Waals surface area contributed by atoms with E-state index >= 15 is 0 Å². The topological polar surface area (TPSA) is 80.8 Å². The molecule has 0 spiro atoms. The molecule has 2 aliphatic heterocycles. The number of pyridine rings is 1. The van der Waals surface area contributed by atoms with Gasteiger partial charge in [-0.15, -0.1) is 0 Å². The molecule has 2 aliphatic rings. The lowest BCUT2D eigenvalue weighted by Gasteiger charge is -2.31. The van der Waals surface area contributed by atoms with Crippen molar-refractivity contribution in [2.75, 3.05) is 6.54 Å². The average molecular weight is 347 g/mol. The first-order valence-electron chi connectivity index (χ1n) is 8.46. The zero-order valence-electron chi connectivity index (χ0n) is 15.3. The summed E-state index contributed by atoms with van der Waals surface area (Å²) in [5.41, 5.74) is 0.0305. The van der Waals surface area contributed by atoms with Crippen molar-refractivity contribution in [2.45, 2.75) is 64.2 Å². The molecule has 1 aromatic rings. The molecule has 0 unspecified atom stereocenters. The van der Waals surface area contributed by atoms with Crippen molar-refractivity contribution in [2.24, 2.45) is 0 Å². The minimum Gasteiger partial charge on any atom is -0.350 e. The van der Waals surface area contributed by atoms with E-state index in [4.69, 9.17) is 9.47 Å². The monoisotopic (exact) mass is 347 g/mol. The van der Waals surface area contributed by atoms with Gasteiger partial charge in [-0.25, -0.2) is 0 Å². The summed E-state index contributed by atoms with van der Waals surface area (Å²) < 4.78 is 11.8. The van der Waals surface area contributed by atoms with E-state index in [-0.39, 0.29) is 17.9 Å². The lowest BCUT2D eigenvalue weighted by Crippen LogP contribution is -2.55. The van der Waals surface area contributed by atoms with Gasteiger partial charge in [-0.1, -0.05) is 0 Å². The van der Waals surface area contributed by atoms with Gasteiger partial charge < -0.3 is 19.7 Å². The van der Waals surface area contributed by atoms with Crippen LogP contribution in [0.1, 0.15) is 45.0 Å². The normalized spacial score (nSPS) is 27.9. The number of nitrogens with zero attached hydrogens (tertiary/aromatic N) is 2. The zero-order chi connectivity index (χ0) is 18.4. The van der Waals surface area contributed by atoms with Gasteiger partial charge in [-0.3, -0.25) is 14.6 Å². The summed E-state index contributed by atoms with van der Waals surface area (Å²) in [5, 5.41) is 2.95. The summed E-state index contributed by atoms with van der Waals surface area (Å²) in [7, 11) is 0. The largest absolute Gasteiger partial charge is 0.350 e. The maximum atomic E-state index is 12.9. The number of fused-ring (bicyclic) bond motifs is 1. The fourth-order valence-corrected chi connectivity index (χ4v) is 3.36. The summed E-state index contributed by atoms with van der Waals surface area (Å²) in [5.74, 6) is -1.25. The molecule has 7 heteroatoms. The second-order valence-electron chi connectivity index (χ2n) is 8.02. The Balaban J connectivity index is 1.89. The average Bonchev–Trinajstić information content (AvgIpc) is 2.97. The van der Waals surface area contributed by atoms with Crippen LogP contribution < -0.4 is 5.32 Å². The van der Waals surface area contributed by atoms with E-state index in [1.807, 2.05) is 34.6 Å². The molecule has 136 valence electrons. The van der Waals surface area contributed by atoms with E-state index in [0.717, 1.165) is 0 Å². The second kappa shape index (κ2) is 6.07. The number of amides is 2. The maximum Gasteiger partial charge on any atom is 0.256 e. The minimum absolute atomic E-state index is 0.237. The molecule has 2 amide bonds. The second-order valence-corrected chi connectivity index (χ2v) is 8.02. The Morgan fingerprint density at radius 2 is 2.04 bits per heavy atom. The Labute approximate surface area is 147 Å². The van der Waals surface area contributed by atoms with Crippen LogP contribution in [0.3, 0.4) is 0 Å². The number of hydrogen-bond donors (Lipinski definition) is 1. The first kappa shape index (κ1) is 17.8. The number of aromatic nitrogens is 1. The van der Waals surface area contributed by atoms with Crippen LogP contribution in [0.5, 0.6) is 0 Å². The Bertz CT molecular complexity index is 669. The number of carbonyl (C=O) groups is 2. The van der Waals surface area contributed by atoms with Crippen molar-refractivity contribution in [3.8, 4) is 0 Å². The molecule has 7 nitrogen and oxygen atoms in total. The fraction of sp³-hybridized carbons (Fsp3) is 0.611. The zero-order valence-corrected chi connectivity index (χ0v) is 15.3. The summed E-state index contributed by atoms with van der Waals surface area (Å²) in [6.45, 7) is 9.65. The maximum absolute atomic E-state index is 12.9. The lowest BCUT2D eigenvalue weighted by atomic mass is 10.1. The Morgan fingerprint density at radius 1 is 1.32 bits per heavy atom. The van der Waals surface area contributed by atoms with Gasteiger partial charge in [-0.2, -0.15) is 0 Å². The summed E-state index contributed by atoms with van der Waals surface area (Å²) in [4.78, 5) is 31.3. The molecule has 0 aromatic carbocycles. The molecule has 1 aromatic heterocycles. The Morgan fingerprint density at radius 3 is 2.64 bits per heavy atom. The van der Waals surface area contributed by atoms with Gasteiger partial charge in [0.1, 0.15) is 18.2 Å². The van der Waals surface area contributed by atoms with Gasteiger partial charge >= 0.3 is 0 Å². The van der Waals surface area contributed by atoms with E-state index in [9.17, 15) is 9.59 Å². The molecule has 2 fully saturated rings. The molecule has 2 saturated heterocycles. The summed E-state index contributed by atoms with van der Waals surface area (Å²) >= 11 is 0. The van der Waals surface area contributed by atoms with Gasteiger partial charge in [0.05, 0.1) is 12.1 Å². The van der Waals surface area contributed by atoms with Crippen molar-refractivity contribution >= 4 is 11.8 Å². The molecule has 0 aliphatic carbocycles. The van der Waals surface area contributed by atoms with Gasteiger partial charge in [0.2, 0.25) is 5.91 Å². The van der Waals surface area contributed by atoms with Crippen LogP contribution in [-0.4, -0.2) is 57.8 Å². The molecule has 0 radical (unpaired) electrons. The predicted molar refractivity (Wildman–Crippen MR) is 90.8 cm³/mol. The summed E-state index contributed by atoms with van der Waals surface area (Å²) in [6.07, 6.45) is 2.29. The lowest BCUT2D eigenvalue weighted by molar-refractivity contribution is -0.162. The number of nitrogens with one attached hydrogen (secondary N) is 1. The van der Waals surface area contributed by atoms with Crippen molar-refractivity contribution in [3.63, 3.8) is 0 Å². The fourth-order valence-electron chi connectivity index (χ4n) is 3.36. The van der Waals surface area contributed by atoms with E-state index in [1.165, 1.54) is 11.1 Å². The Kier molecular flexibility index (Phi) is 4.33. The molecule has 0 saturated carbocycles. The van der Waals surface area contributed by atoms with Crippen LogP contribution in [0.15, 0.2) is 24.5 Å². The predicted octanol–water partition coefficient (Wildman–Crippen LogP) is 1.34. The van der Waals surface area contributed by atoms with E-state index in [1.54, 1.807) is 18.3 Å². The van der Waals surface area contributed by atoms with Crippen LogP contribution in [0.2, 0.25) is 0 Å². The SMILES string of the molecule is CC(C)(C)NC(=O)[C@@H]1[C@H]2OC(C)(C)O[C@H]2CN1C(=O)c1cccnc1. The molecule has 1 N–H and O–H groups in total. The van der Waals surface area contributed by atoms with E-state index < -0.39 is 23.5 Å². The van der Waals surface area contributed by atoms with Crippen LogP contribution in [0, 0.1) is 0 Å². The van der Waals surface area contributed by atoms with Crippen LogP contribution in [0.4, 0.5) is 0 Å². The van der Waals surface area contributed by atoms with Crippen molar-refractivity contribution in [1.29, 1.82) is 0 Å². The standard InChI is InChI=1S/C18H25N3O4/c1-17(2,3)20-15(22)13-14-12(24-18(4,5)25-14)10-21(13)16(23)11-7-6-8-19-9-11/h6-9,12-14H,10H2,1-5H3,(H,20,22)/t12-,13-,14-/m0/s1. The quantitative estimate of drug-likeness (QED) is 0.873. The molecular weight excluding hydrogens is 322 g/mol. The number of rotatable bonds is 2. The highest BCUT2D eigenvalue weighted by molar-refractivity contribution is 5.98. The third-order valence-electron chi connectivity index (χ3n) is 4.18.